The number of halogens is 1. The average Bonchev–Trinajstić information content (AvgIpc) is 2.61. The van der Waals surface area contributed by atoms with Gasteiger partial charge in [0.05, 0.1) is 6.61 Å². The van der Waals surface area contributed by atoms with Crippen molar-refractivity contribution in [3.05, 3.63) is 58.6 Å². The zero-order chi connectivity index (χ0) is 19.2. The molecule has 26 heavy (non-hydrogen) atoms. The van der Waals surface area contributed by atoms with Crippen molar-refractivity contribution in [1.29, 1.82) is 0 Å². The highest BCUT2D eigenvalue weighted by molar-refractivity contribution is 6.30. The van der Waals surface area contributed by atoms with Gasteiger partial charge in [-0.05, 0) is 51.1 Å². The minimum atomic E-state index is -0.428. The molecule has 3 N–H and O–H groups in total. The Kier molecular flexibility index (Phi) is 7.03. The second-order valence-electron chi connectivity index (χ2n) is 6.85. The molecule has 0 aliphatic carbocycles. The summed E-state index contributed by atoms with van der Waals surface area (Å²) in [6, 6.07) is 12.8. The fraction of sp³-hybridized carbons (Fsp3) is 0.350. The molecule has 140 valence electrons. The van der Waals surface area contributed by atoms with Crippen LogP contribution in [-0.2, 0) is 11.3 Å². The summed E-state index contributed by atoms with van der Waals surface area (Å²) in [5.74, 6) is 0.341. The molecular weight excluding hydrogens is 352 g/mol. The van der Waals surface area contributed by atoms with E-state index in [4.69, 9.17) is 16.3 Å². The van der Waals surface area contributed by atoms with Crippen molar-refractivity contribution in [3.8, 4) is 5.75 Å². The Morgan fingerprint density at radius 1 is 1.19 bits per heavy atom. The third-order valence-corrected chi connectivity index (χ3v) is 4.10. The smallest absolute Gasteiger partial charge is 0.262 e. The lowest BCUT2D eigenvalue weighted by atomic mass is 10.1. The standard InChI is InChI=1S/C20H25ClN2O3/c1-14-4-7-17(8-5-14)23-19(25)12-26-18-9-6-16(21)10-15(18)11-22-20(2,3)13-24/h4-10,22,24H,11-13H2,1-3H3,(H,23,25). The van der Waals surface area contributed by atoms with Gasteiger partial charge < -0.3 is 20.5 Å². The molecule has 0 bridgehead atoms. The number of amides is 1. The summed E-state index contributed by atoms with van der Waals surface area (Å²) < 4.78 is 5.68. The number of ether oxygens (including phenoxy) is 1. The van der Waals surface area contributed by atoms with E-state index < -0.39 is 5.54 Å². The Labute approximate surface area is 159 Å². The summed E-state index contributed by atoms with van der Waals surface area (Å²) in [6.45, 7) is 6.14. The summed E-state index contributed by atoms with van der Waals surface area (Å²) in [7, 11) is 0. The lowest BCUT2D eigenvalue weighted by Crippen LogP contribution is -2.42. The lowest BCUT2D eigenvalue weighted by Gasteiger charge is -2.24. The number of nitrogens with one attached hydrogen (secondary N) is 2. The largest absolute Gasteiger partial charge is 0.483 e. The number of aryl methyl sites for hydroxylation is 1. The third-order valence-electron chi connectivity index (χ3n) is 3.87. The number of anilines is 1. The fourth-order valence-corrected chi connectivity index (χ4v) is 2.39. The van der Waals surface area contributed by atoms with Crippen LogP contribution in [0.15, 0.2) is 42.5 Å². The Morgan fingerprint density at radius 2 is 1.88 bits per heavy atom. The average molecular weight is 377 g/mol. The predicted octanol–water partition coefficient (Wildman–Crippen LogP) is 3.53. The quantitative estimate of drug-likeness (QED) is 0.659. The van der Waals surface area contributed by atoms with E-state index in [1.807, 2.05) is 45.0 Å². The van der Waals surface area contributed by atoms with E-state index in [9.17, 15) is 9.90 Å². The molecule has 0 aliphatic heterocycles. The Bertz CT molecular complexity index is 745. The molecule has 0 saturated heterocycles. The summed E-state index contributed by atoms with van der Waals surface area (Å²) in [5, 5.41) is 16.0. The van der Waals surface area contributed by atoms with E-state index in [1.165, 1.54) is 0 Å². The number of hydrogen-bond donors (Lipinski definition) is 3. The number of benzene rings is 2. The fourth-order valence-electron chi connectivity index (χ4n) is 2.19. The van der Waals surface area contributed by atoms with Crippen LogP contribution in [0.1, 0.15) is 25.0 Å². The molecule has 0 atom stereocenters. The number of rotatable bonds is 8. The van der Waals surface area contributed by atoms with Gasteiger partial charge in [0.25, 0.3) is 5.91 Å². The molecule has 2 aromatic carbocycles. The maximum absolute atomic E-state index is 12.1. The van der Waals surface area contributed by atoms with Gasteiger partial charge in [-0.15, -0.1) is 0 Å². The molecule has 1 amide bonds. The maximum atomic E-state index is 12.1. The van der Waals surface area contributed by atoms with E-state index in [2.05, 4.69) is 10.6 Å². The summed E-state index contributed by atoms with van der Waals surface area (Å²) in [4.78, 5) is 12.1. The lowest BCUT2D eigenvalue weighted by molar-refractivity contribution is -0.118. The maximum Gasteiger partial charge on any atom is 0.262 e. The highest BCUT2D eigenvalue weighted by atomic mass is 35.5. The van der Waals surface area contributed by atoms with Gasteiger partial charge in [-0.25, -0.2) is 0 Å². The first-order valence-electron chi connectivity index (χ1n) is 8.43. The molecule has 0 spiro atoms. The van der Waals surface area contributed by atoms with Gasteiger partial charge in [0.1, 0.15) is 5.75 Å². The van der Waals surface area contributed by atoms with E-state index in [0.29, 0.717) is 17.3 Å². The van der Waals surface area contributed by atoms with Gasteiger partial charge in [0, 0.05) is 28.4 Å². The zero-order valence-electron chi connectivity index (χ0n) is 15.3. The Hall–Kier alpha value is -2.08. The molecule has 6 heteroatoms. The SMILES string of the molecule is Cc1ccc(NC(=O)COc2ccc(Cl)cc2CNC(C)(C)CO)cc1. The topological polar surface area (TPSA) is 70.6 Å². The van der Waals surface area contributed by atoms with Crippen molar-refractivity contribution in [2.75, 3.05) is 18.5 Å². The highest BCUT2D eigenvalue weighted by Gasteiger charge is 2.16. The zero-order valence-corrected chi connectivity index (χ0v) is 16.1. The highest BCUT2D eigenvalue weighted by Crippen LogP contribution is 2.23. The summed E-state index contributed by atoms with van der Waals surface area (Å²) in [5.41, 5.74) is 2.25. The molecule has 0 heterocycles. The normalized spacial score (nSPS) is 11.3. The van der Waals surface area contributed by atoms with Gasteiger partial charge in [0.15, 0.2) is 6.61 Å². The molecule has 2 rings (SSSR count). The van der Waals surface area contributed by atoms with Gasteiger partial charge in [-0.2, -0.15) is 0 Å². The Balaban J connectivity index is 1.97. The molecule has 0 aliphatic rings. The second-order valence-corrected chi connectivity index (χ2v) is 7.29. The van der Waals surface area contributed by atoms with Crippen molar-refractivity contribution in [2.45, 2.75) is 32.9 Å². The van der Waals surface area contributed by atoms with Crippen LogP contribution >= 0.6 is 11.6 Å². The summed E-state index contributed by atoms with van der Waals surface area (Å²) in [6.07, 6.45) is 0. The second kappa shape index (κ2) is 9.03. The van der Waals surface area contributed by atoms with Crippen molar-refractivity contribution < 1.29 is 14.6 Å². The van der Waals surface area contributed by atoms with Crippen molar-refractivity contribution >= 4 is 23.2 Å². The number of carbonyl (C=O) groups is 1. The predicted molar refractivity (Wildman–Crippen MR) is 105 cm³/mol. The third kappa shape index (κ3) is 6.33. The number of aliphatic hydroxyl groups is 1. The first-order chi connectivity index (χ1) is 12.3. The van der Waals surface area contributed by atoms with Crippen LogP contribution in [0.5, 0.6) is 5.75 Å². The van der Waals surface area contributed by atoms with Crippen LogP contribution in [-0.4, -0.2) is 29.8 Å². The molecular formula is C20H25ClN2O3. The van der Waals surface area contributed by atoms with Gasteiger partial charge in [-0.1, -0.05) is 29.3 Å². The molecule has 5 nitrogen and oxygen atoms in total. The van der Waals surface area contributed by atoms with Gasteiger partial charge >= 0.3 is 0 Å². The number of carbonyl (C=O) groups excluding carboxylic acids is 1. The minimum absolute atomic E-state index is 0.00269. The molecule has 0 radical (unpaired) electrons. The van der Waals surface area contributed by atoms with Gasteiger partial charge in [-0.3, -0.25) is 4.79 Å². The molecule has 2 aromatic rings. The minimum Gasteiger partial charge on any atom is -0.483 e. The first kappa shape index (κ1) is 20.2. The van der Waals surface area contributed by atoms with Crippen LogP contribution in [0.25, 0.3) is 0 Å². The Morgan fingerprint density at radius 3 is 2.54 bits per heavy atom. The molecule has 0 fully saturated rings. The molecule has 0 saturated carbocycles. The molecule has 0 unspecified atom stereocenters. The van der Waals surface area contributed by atoms with Crippen LogP contribution in [0.3, 0.4) is 0 Å². The van der Waals surface area contributed by atoms with Crippen LogP contribution < -0.4 is 15.4 Å². The number of aliphatic hydroxyl groups excluding tert-OH is 1. The van der Waals surface area contributed by atoms with Crippen LogP contribution in [0.4, 0.5) is 5.69 Å². The van der Waals surface area contributed by atoms with Crippen LogP contribution in [0, 0.1) is 6.92 Å². The van der Waals surface area contributed by atoms with Gasteiger partial charge in [0.2, 0.25) is 0 Å². The van der Waals surface area contributed by atoms with E-state index in [1.54, 1.807) is 18.2 Å². The van der Waals surface area contributed by atoms with E-state index in [0.717, 1.165) is 16.8 Å². The van der Waals surface area contributed by atoms with E-state index in [-0.39, 0.29) is 19.1 Å². The van der Waals surface area contributed by atoms with Crippen molar-refractivity contribution in [2.24, 2.45) is 0 Å². The molecule has 0 aromatic heterocycles. The van der Waals surface area contributed by atoms with Crippen molar-refractivity contribution in [1.82, 2.24) is 5.32 Å². The first-order valence-corrected chi connectivity index (χ1v) is 8.80. The summed E-state index contributed by atoms with van der Waals surface area (Å²) >= 11 is 6.07. The monoisotopic (exact) mass is 376 g/mol. The van der Waals surface area contributed by atoms with Crippen LogP contribution in [0.2, 0.25) is 5.02 Å². The number of hydrogen-bond acceptors (Lipinski definition) is 4. The van der Waals surface area contributed by atoms with Crippen molar-refractivity contribution in [3.63, 3.8) is 0 Å². The van der Waals surface area contributed by atoms with E-state index >= 15 is 0 Å².